The molecule has 2 N–H and O–H groups in total. The average Bonchev–Trinajstić information content (AvgIpc) is 2.47. The van der Waals surface area contributed by atoms with E-state index in [2.05, 4.69) is 25.4 Å². The lowest BCUT2D eigenvalue weighted by molar-refractivity contribution is -0.275. The topological polar surface area (TPSA) is 75.6 Å². The summed E-state index contributed by atoms with van der Waals surface area (Å²) in [6.45, 7) is -0.523. The Morgan fingerprint density at radius 3 is 2.48 bits per heavy atom. The summed E-state index contributed by atoms with van der Waals surface area (Å²) in [7, 11) is -4.43. The van der Waals surface area contributed by atoms with Gasteiger partial charge in [0.05, 0.1) is 12.3 Å². The van der Waals surface area contributed by atoms with Crippen LogP contribution in [0, 0.1) is 0 Å². The average molecular weight is 461 g/mol. The number of sulfonamides is 1. The van der Waals surface area contributed by atoms with E-state index in [1.807, 2.05) is 0 Å². The van der Waals surface area contributed by atoms with Crippen LogP contribution < -0.4 is 9.46 Å². The Labute approximate surface area is 154 Å². The number of aliphatic hydroxyl groups is 1. The van der Waals surface area contributed by atoms with Crippen molar-refractivity contribution in [3.8, 4) is 5.75 Å². The lowest BCUT2D eigenvalue weighted by Crippen LogP contribution is -2.21. The Bertz CT molecular complexity index is 890. The third-order valence-electron chi connectivity index (χ3n) is 2.90. The van der Waals surface area contributed by atoms with E-state index in [9.17, 15) is 26.7 Å². The molecule has 0 aliphatic heterocycles. The van der Waals surface area contributed by atoms with Gasteiger partial charge in [-0.05, 0) is 36.4 Å². The molecule has 0 aliphatic carbocycles. The zero-order valence-electron chi connectivity index (χ0n) is 12.1. The fourth-order valence-electron chi connectivity index (χ4n) is 1.90. The molecule has 5 nitrogen and oxygen atoms in total. The molecule has 0 aromatic heterocycles. The van der Waals surface area contributed by atoms with Gasteiger partial charge in [0.1, 0.15) is 4.90 Å². The quantitative estimate of drug-likeness (QED) is 0.698. The van der Waals surface area contributed by atoms with Crippen LogP contribution >= 0.6 is 27.5 Å². The minimum absolute atomic E-state index is 0.0206. The zero-order chi connectivity index (χ0) is 18.8. The molecule has 11 heteroatoms. The van der Waals surface area contributed by atoms with Gasteiger partial charge < -0.3 is 9.84 Å². The molecule has 0 spiro atoms. The van der Waals surface area contributed by atoms with Gasteiger partial charge in [0.15, 0.2) is 5.75 Å². The molecule has 25 heavy (non-hydrogen) atoms. The van der Waals surface area contributed by atoms with Crippen molar-refractivity contribution in [2.75, 3.05) is 4.72 Å². The monoisotopic (exact) mass is 459 g/mol. The number of hydrogen-bond donors (Lipinski definition) is 2. The maximum absolute atomic E-state index is 12.5. The van der Waals surface area contributed by atoms with Gasteiger partial charge in [-0.25, -0.2) is 8.42 Å². The van der Waals surface area contributed by atoms with Crippen LogP contribution in [0.2, 0.25) is 5.02 Å². The minimum atomic E-state index is -5.07. The van der Waals surface area contributed by atoms with Gasteiger partial charge in [-0.3, -0.25) is 4.72 Å². The third-order valence-corrected chi connectivity index (χ3v) is 5.04. The van der Waals surface area contributed by atoms with E-state index in [4.69, 9.17) is 11.6 Å². The highest BCUT2D eigenvalue weighted by Gasteiger charge is 2.34. The predicted molar refractivity (Wildman–Crippen MR) is 89.0 cm³/mol. The van der Waals surface area contributed by atoms with Gasteiger partial charge in [-0.1, -0.05) is 27.5 Å². The van der Waals surface area contributed by atoms with E-state index in [1.165, 1.54) is 24.3 Å². The Kier molecular flexibility index (Phi) is 5.87. The number of aliphatic hydroxyl groups excluding tert-OH is 1. The summed E-state index contributed by atoms with van der Waals surface area (Å²) in [6.07, 6.45) is -5.07. The summed E-state index contributed by atoms with van der Waals surface area (Å²) >= 11 is 8.72. The number of rotatable bonds is 5. The highest BCUT2D eigenvalue weighted by molar-refractivity contribution is 9.10. The van der Waals surface area contributed by atoms with Crippen LogP contribution in [0.3, 0.4) is 0 Å². The first kappa shape index (κ1) is 19.8. The largest absolute Gasteiger partial charge is 0.573 e. The molecule has 0 fully saturated rings. The highest BCUT2D eigenvalue weighted by atomic mass is 79.9. The molecule has 0 unspecified atom stereocenters. The first-order valence-electron chi connectivity index (χ1n) is 6.49. The van der Waals surface area contributed by atoms with Gasteiger partial charge >= 0.3 is 6.36 Å². The van der Waals surface area contributed by atoms with Gasteiger partial charge in [0, 0.05) is 15.1 Å². The summed E-state index contributed by atoms with van der Waals surface area (Å²) in [5.74, 6) is -0.895. The second-order valence-electron chi connectivity index (χ2n) is 4.70. The number of nitrogens with one attached hydrogen (secondary N) is 1. The second kappa shape index (κ2) is 7.40. The summed E-state index contributed by atoms with van der Waals surface area (Å²) in [6, 6.07) is 7.08. The van der Waals surface area contributed by atoms with Gasteiger partial charge in [-0.15, -0.1) is 13.2 Å². The van der Waals surface area contributed by atoms with E-state index in [-0.39, 0.29) is 20.7 Å². The fraction of sp³-hybridized carbons (Fsp3) is 0.143. The Morgan fingerprint density at radius 2 is 1.88 bits per heavy atom. The SMILES string of the molecule is O=S(=O)(Nc1ccc(Cl)cc1CO)c1ccc(Br)cc1OC(F)(F)F. The lowest BCUT2D eigenvalue weighted by Gasteiger charge is -2.16. The van der Waals surface area contributed by atoms with Crippen LogP contribution in [0.4, 0.5) is 18.9 Å². The van der Waals surface area contributed by atoms with Crippen LogP contribution in [0.5, 0.6) is 5.75 Å². The Morgan fingerprint density at radius 1 is 1.20 bits per heavy atom. The minimum Gasteiger partial charge on any atom is -0.404 e. The van der Waals surface area contributed by atoms with Crippen molar-refractivity contribution in [1.29, 1.82) is 0 Å². The van der Waals surface area contributed by atoms with Crippen LogP contribution in [-0.4, -0.2) is 19.9 Å². The smallest absolute Gasteiger partial charge is 0.404 e. The standard InChI is InChI=1S/C14H10BrClF3NO4S/c15-9-1-4-13(12(6-9)24-14(17,18)19)25(22,23)20-11-3-2-10(16)5-8(11)7-21/h1-6,20-21H,7H2. The third kappa shape index (κ3) is 5.24. The van der Waals surface area contributed by atoms with Crippen molar-refractivity contribution in [1.82, 2.24) is 0 Å². The molecule has 0 saturated heterocycles. The zero-order valence-corrected chi connectivity index (χ0v) is 15.3. The van der Waals surface area contributed by atoms with Crippen LogP contribution in [-0.2, 0) is 16.6 Å². The van der Waals surface area contributed by atoms with Crippen molar-refractivity contribution in [2.45, 2.75) is 17.9 Å². The van der Waals surface area contributed by atoms with Crippen molar-refractivity contribution >= 4 is 43.2 Å². The van der Waals surface area contributed by atoms with E-state index in [1.54, 1.807) is 0 Å². The Balaban J connectivity index is 2.47. The molecule has 0 aliphatic rings. The van der Waals surface area contributed by atoms with Gasteiger partial charge in [-0.2, -0.15) is 0 Å². The number of hydrogen-bond acceptors (Lipinski definition) is 4. The van der Waals surface area contributed by atoms with Crippen molar-refractivity contribution < 1.29 is 31.4 Å². The molecule has 0 atom stereocenters. The van der Waals surface area contributed by atoms with E-state index in [0.717, 1.165) is 12.1 Å². The van der Waals surface area contributed by atoms with Crippen molar-refractivity contribution in [3.05, 3.63) is 51.5 Å². The molecule has 0 saturated carbocycles. The number of benzene rings is 2. The Hall–Kier alpha value is -1.49. The van der Waals surface area contributed by atoms with Crippen molar-refractivity contribution in [2.24, 2.45) is 0 Å². The second-order valence-corrected chi connectivity index (χ2v) is 7.71. The highest BCUT2D eigenvalue weighted by Crippen LogP contribution is 2.34. The van der Waals surface area contributed by atoms with Crippen molar-refractivity contribution in [3.63, 3.8) is 0 Å². The molecule has 0 bridgehead atoms. The van der Waals surface area contributed by atoms with Crippen LogP contribution in [0.25, 0.3) is 0 Å². The number of alkyl halides is 3. The normalized spacial score (nSPS) is 12.1. The molecule has 2 rings (SSSR count). The molecule has 0 amide bonds. The molecule has 2 aromatic carbocycles. The first-order chi connectivity index (χ1) is 11.5. The number of anilines is 1. The molecular weight excluding hydrogens is 451 g/mol. The molecule has 2 aromatic rings. The summed E-state index contributed by atoms with van der Waals surface area (Å²) in [5, 5.41) is 9.54. The molecule has 0 heterocycles. The molecular formula is C14H10BrClF3NO4S. The lowest BCUT2D eigenvalue weighted by atomic mass is 10.2. The van der Waals surface area contributed by atoms with Gasteiger partial charge in [0.2, 0.25) is 0 Å². The number of halogens is 5. The van der Waals surface area contributed by atoms with E-state index in [0.29, 0.717) is 0 Å². The summed E-state index contributed by atoms with van der Waals surface area (Å²) in [5.41, 5.74) is 0.138. The number of ether oxygens (including phenoxy) is 1. The van der Waals surface area contributed by atoms with Crippen LogP contribution in [0.1, 0.15) is 5.56 Å². The first-order valence-corrected chi connectivity index (χ1v) is 9.14. The molecule has 0 radical (unpaired) electrons. The van der Waals surface area contributed by atoms with Crippen LogP contribution in [0.15, 0.2) is 45.8 Å². The summed E-state index contributed by atoms with van der Waals surface area (Å²) < 4.78 is 68.7. The fourth-order valence-corrected chi connectivity index (χ4v) is 3.65. The molecule has 136 valence electrons. The van der Waals surface area contributed by atoms with E-state index < -0.39 is 33.6 Å². The maximum Gasteiger partial charge on any atom is 0.573 e. The summed E-state index contributed by atoms with van der Waals surface area (Å²) in [4.78, 5) is -0.716. The van der Waals surface area contributed by atoms with E-state index >= 15 is 0 Å². The maximum atomic E-state index is 12.5. The van der Waals surface area contributed by atoms with Gasteiger partial charge in [0.25, 0.3) is 10.0 Å². The predicted octanol–water partition coefficient (Wildman–Crippen LogP) is 4.29.